The molecule has 0 aromatic carbocycles. The molecule has 1 aromatic rings. The zero-order chi connectivity index (χ0) is 23.1. The first-order valence-corrected chi connectivity index (χ1v) is 12.0. The Morgan fingerprint density at radius 2 is 1.90 bits per heavy atom. The molecule has 1 fully saturated rings. The molecule has 2 rings (SSSR count). The van der Waals surface area contributed by atoms with Gasteiger partial charge in [0, 0.05) is 11.8 Å². The predicted molar refractivity (Wildman–Crippen MR) is 101 cm³/mol. The predicted octanol–water partition coefficient (Wildman–Crippen LogP) is -0.0573. The number of rotatable bonds is 8. The van der Waals surface area contributed by atoms with Crippen LogP contribution >= 0.6 is 22.7 Å². The van der Waals surface area contributed by atoms with Crippen molar-refractivity contribution in [3.05, 3.63) is 32.6 Å². The van der Waals surface area contributed by atoms with Crippen molar-refractivity contribution in [3.63, 3.8) is 0 Å². The topological polar surface area (TPSA) is 194 Å². The molecule has 19 heteroatoms. The SMILES string of the molecule is [BH3-]P(=O)(OC[C@@H]1CC[C@H](n2cc(C)c(=O)[nH]c2=O)O1)OP(=O)(O)C(F)(F)P(=O)(O)O. The quantitative estimate of drug-likeness (QED) is 0.278. The minimum Gasteiger partial charge on any atom is -0.352 e. The van der Waals surface area contributed by atoms with E-state index >= 15 is 0 Å². The van der Waals surface area contributed by atoms with E-state index in [9.17, 15) is 37.0 Å². The number of ether oxygens (including phenoxy) is 1. The number of hydrogen-bond donors (Lipinski definition) is 4. The Kier molecular flexibility index (Phi) is 7.20. The number of nitrogens with zero attached hydrogens (tertiary/aromatic N) is 1. The van der Waals surface area contributed by atoms with Gasteiger partial charge >= 0.3 is 26.3 Å². The largest absolute Gasteiger partial charge is 0.444 e. The van der Waals surface area contributed by atoms with E-state index in [4.69, 9.17) is 19.0 Å². The summed E-state index contributed by atoms with van der Waals surface area (Å²) in [4.78, 5) is 51.7. The van der Waals surface area contributed by atoms with Crippen LogP contribution in [-0.4, -0.2) is 49.9 Å². The van der Waals surface area contributed by atoms with Crippen molar-refractivity contribution in [1.29, 1.82) is 0 Å². The van der Waals surface area contributed by atoms with Gasteiger partial charge in [-0.1, -0.05) is 0 Å². The molecule has 1 aliphatic heterocycles. The second-order valence-corrected chi connectivity index (χ2v) is 10.9. The van der Waals surface area contributed by atoms with Crippen molar-refractivity contribution in [2.45, 2.75) is 37.5 Å². The van der Waals surface area contributed by atoms with Gasteiger partial charge in [0.15, 0.2) is 7.47 Å². The van der Waals surface area contributed by atoms with Crippen LogP contribution in [0.1, 0.15) is 24.6 Å². The molecule has 2 heterocycles. The van der Waals surface area contributed by atoms with Crippen LogP contribution in [0.2, 0.25) is 0 Å². The Bertz CT molecular complexity index is 1070. The standard InChI is InChI=1S/C11H19BF2N2O11P3/c1-6-4-16(10(18)15-9(6)17)8-3-2-7(26-8)5-25-30(12,24)27-29(22,23)11(13,14)28(19,20)21/h4,7-8H,2-3,5H2,1,12H3,(H,22,23)(H,15,17,18)(H2,19,20,21)/q-1/t7-,8+,30?/m0/s1. The maximum Gasteiger partial charge on any atom is 0.444 e. The van der Waals surface area contributed by atoms with Crippen LogP contribution in [0.3, 0.4) is 0 Å². The van der Waals surface area contributed by atoms with Crippen LogP contribution in [0.4, 0.5) is 8.78 Å². The van der Waals surface area contributed by atoms with E-state index in [-0.39, 0.29) is 18.4 Å². The normalized spacial score (nSPS) is 24.4. The summed E-state index contributed by atoms with van der Waals surface area (Å²) in [6.07, 6.45) is 0.256. The van der Waals surface area contributed by atoms with Crippen molar-refractivity contribution in [3.8, 4) is 0 Å². The number of H-pyrrole nitrogens is 1. The van der Waals surface area contributed by atoms with Gasteiger partial charge in [0.25, 0.3) is 5.56 Å². The first kappa shape index (κ1) is 25.3. The molecule has 0 radical (unpaired) electrons. The van der Waals surface area contributed by atoms with Crippen LogP contribution in [0.5, 0.6) is 0 Å². The number of hydrogen-bond acceptors (Lipinski definition) is 8. The lowest BCUT2D eigenvalue weighted by Gasteiger charge is -2.28. The Balaban J connectivity index is 2.02. The summed E-state index contributed by atoms with van der Waals surface area (Å²) < 4.78 is 77.1. The molecule has 1 aromatic heterocycles. The molecule has 0 saturated carbocycles. The van der Waals surface area contributed by atoms with Gasteiger partial charge in [-0.15, -0.1) is 0 Å². The van der Waals surface area contributed by atoms with Crippen molar-refractivity contribution < 1.29 is 50.7 Å². The van der Waals surface area contributed by atoms with Crippen LogP contribution in [0.15, 0.2) is 15.8 Å². The van der Waals surface area contributed by atoms with Crippen molar-refractivity contribution in [2.24, 2.45) is 0 Å². The summed E-state index contributed by atoms with van der Waals surface area (Å²) >= 11 is 0. The monoisotopic (exact) mass is 497 g/mol. The van der Waals surface area contributed by atoms with Gasteiger partial charge in [-0.2, -0.15) is 8.78 Å². The number of aromatic amines is 1. The molecule has 0 amide bonds. The maximum absolute atomic E-state index is 13.5. The second kappa shape index (κ2) is 8.53. The van der Waals surface area contributed by atoms with E-state index in [0.29, 0.717) is 0 Å². The fourth-order valence-corrected chi connectivity index (χ4v) is 5.52. The van der Waals surface area contributed by atoms with Crippen molar-refractivity contribution in [2.75, 3.05) is 6.61 Å². The molecule has 172 valence electrons. The molecule has 2 unspecified atom stereocenters. The highest BCUT2D eigenvalue weighted by molar-refractivity contribution is 7.86. The number of aromatic nitrogens is 2. The summed E-state index contributed by atoms with van der Waals surface area (Å²) in [5.41, 5.74) is -1.03. The van der Waals surface area contributed by atoms with Crippen molar-refractivity contribution >= 4 is 30.2 Å². The minimum atomic E-state index is -6.37. The highest BCUT2D eigenvalue weighted by Gasteiger charge is 2.66. The third-order valence-corrected chi connectivity index (χ3v) is 8.47. The third kappa shape index (κ3) is 5.45. The number of nitrogens with one attached hydrogen (secondary N) is 1. The fourth-order valence-electron chi connectivity index (χ4n) is 2.29. The highest BCUT2D eigenvalue weighted by atomic mass is 31.3. The minimum absolute atomic E-state index is 0.254. The number of alkyl halides is 2. The smallest absolute Gasteiger partial charge is 0.352 e. The molecule has 30 heavy (non-hydrogen) atoms. The zero-order valence-corrected chi connectivity index (χ0v) is 17.2. The first-order chi connectivity index (χ1) is 13.5. The average molecular weight is 497 g/mol. The molecule has 1 aliphatic rings. The summed E-state index contributed by atoms with van der Waals surface area (Å²) in [7, 11) is -18.8. The molecule has 0 spiro atoms. The van der Waals surface area contributed by atoms with Crippen LogP contribution in [0.25, 0.3) is 0 Å². The van der Waals surface area contributed by atoms with Crippen LogP contribution < -0.4 is 11.2 Å². The van der Waals surface area contributed by atoms with E-state index in [1.54, 1.807) is 0 Å². The number of aryl methyl sites for hydroxylation is 1. The van der Waals surface area contributed by atoms with Gasteiger partial charge in [0.2, 0.25) is 0 Å². The van der Waals surface area contributed by atoms with Gasteiger partial charge in [0.1, 0.15) is 6.23 Å². The highest BCUT2D eigenvalue weighted by Crippen LogP contribution is 2.77. The zero-order valence-electron chi connectivity index (χ0n) is 14.5. The summed E-state index contributed by atoms with van der Waals surface area (Å²) in [5, 5.41) is -5.45. The van der Waals surface area contributed by atoms with E-state index < -0.39 is 65.8 Å². The molecule has 4 N–H and O–H groups in total. The van der Waals surface area contributed by atoms with Gasteiger partial charge in [-0.25, -0.2) is 4.79 Å². The molecular weight excluding hydrogens is 478 g/mol. The summed E-state index contributed by atoms with van der Waals surface area (Å²) in [6, 6.07) is 0. The molecular formula is C11H19BF2N2O11P3-. The van der Waals surface area contributed by atoms with E-state index in [1.807, 2.05) is 0 Å². The summed E-state index contributed by atoms with van der Waals surface area (Å²) in [6.45, 7) is 0.972. The lowest BCUT2D eigenvalue weighted by Crippen LogP contribution is -2.33. The van der Waals surface area contributed by atoms with E-state index in [0.717, 1.165) is 4.57 Å². The fraction of sp³-hybridized carbons (Fsp3) is 0.636. The van der Waals surface area contributed by atoms with E-state index in [2.05, 4.69) is 9.29 Å². The molecule has 1 saturated heterocycles. The molecule has 0 bridgehead atoms. The van der Waals surface area contributed by atoms with Gasteiger partial charge in [-0.05, 0) is 19.8 Å². The van der Waals surface area contributed by atoms with Crippen LogP contribution in [-0.2, 0) is 27.3 Å². The molecule has 0 aliphatic carbocycles. The second-order valence-electron chi connectivity index (χ2n) is 5.94. The van der Waals surface area contributed by atoms with Crippen molar-refractivity contribution in [1.82, 2.24) is 9.55 Å². The Morgan fingerprint density at radius 1 is 1.30 bits per heavy atom. The van der Waals surface area contributed by atoms with Crippen LogP contribution in [0, 0.1) is 6.92 Å². The average Bonchev–Trinajstić information content (AvgIpc) is 3.03. The molecule has 13 nitrogen and oxygen atoms in total. The number of halogens is 2. The first-order valence-electron chi connectivity index (χ1n) is 7.69. The van der Waals surface area contributed by atoms with Gasteiger partial charge < -0.3 is 28.5 Å². The van der Waals surface area contributed by atoms with E-state index in [1.165, 1.54) is 13.1 Å². The third-order valence-electron chi connectivity index (χ3n) is 3.77. The summed E-state index contributed by atoms with van der Waals surface area (Å²) in [5.74, 6) is 0. The Hall–Kier alpha value is -0.945. The van der Waals surface area contributed by atoms with Gasteiger partial charge in [-0.3, -0.25) is 27.8 Å². The lowest BCUT2D eigenvalue weighted by atomic mass is 10.2. The Morgan fingerprint density at radius 3 is 2.47 bits per heavy atom. The lowest BCUT2D eigenvalue weighted by molar-refractivity contribution is -0.0209. The van der Waals surface area contributed by atoms with Gasteiger partial charge in [0.05, 0.1) is 20.3 Å². The maximum atomic E-state index is 13.5. The molecule has 4 atom stereocenters. The Labute approximate surface area is 168 Å².